The Morgan fingerprint density at radius 1 is 1.32 bits per heavy atom. The largest absolute Gasteiger partial charge is 0.356 e. The Kier molecular flexibility index (Phi) is 10.4. The first-order valence-electron chi connectivity index (χ1n) is 9.30. The SMILES string of the molecule is CCCN1CCC(CNC(=NC)NCCCn2nc(C)cc2C)C1.I. The van der Waals surface area contributed by atoms with Crippen LogP contribution in [0.25, 0.3) is 0 Å². The molecule has 1 atom stereocenters. The van der Waals surface area contributed by atoms with Crippen molar-refractivity contribution in [1.82, 2.24) is 25.3 Å². The summed E-state index contributed by atoms with van der Waals surface area (Å²) in [4.78, 5) is 6.90. The highest BCUT2D eigenvalue weighted by Gasteiger charge is 2.21. The molecule has 0 radical (unpaired) electrons. The van der Waals surface area contributed by atoms with Crippen molar-refractivity contribution in [1.29, 1.82) is 0 Å². The second kappa shape index (κ2) is 11.7. The lowest BCUT2D eigenvalue weighted by Gasteiger charge is -2.17. The molecule has 7 heteroatoms. The molecule has 1 aliphatic heterocycles. The summed E-state index contributed by atoms with van der Waals surface area (Å²) >= 11 is 0. The molecule has 0 aromatic carbocycles. The normalized spacial score (nSPS) is 18.2. The second-order valence-electron chi connectivity index (χ2n) is 6.84. The highest BCUT2D eigenvalue weighted by Crippen LogP contribution is 2.15. The van der Waals surface area contributed by atoms with Gasteiger partial charge in [0.2, 0.25) is 0 Å². The molecule has 0 spiro atoms. The summed E-state index contributed by atoms with van der Waals surface area (Å²) in [7, 11) is 1.84. The monoisotopic (exact) mass is 462 g/mol. The summed E-state index contributed by atoms with van der Waals surface area (Å²) < 4.78 is 2.08. The van der Waals surface area contributed by atoms with E-state index in [1.807, 2.05) is 14.0 Å². The van der Waals surface area contributed by atoms with Gasteiger partial charge in [-0.1, -0.05) is 6.92 Å². The quantitative estimate of drug-likeness (QED) is 0.270. The predicted molar refractivity (Wildman–Crippen MR) is 116 cm³/mol. The van der Waals surface area contributed by atoms with Crippen molar-refractivity contribution in [3.8, 4) is 0 Å². The van der Waals surface area contributed by atoms with Crippen LogP contribution < -0.4 is 10.6 Å². The number of guanidine groups is 1. The molecule has 6 nitrogen and oxygen atoms in total. The fraction of sp³-hybridized carbons (Fsp3) is 0.778. The molecule has 0 saturated carbocycles. The van der Waals surface area contributed by atoms with Crippen molar-refractivity contribution in [3.05, 3.63) is 17.5 Å². The van der Waals surface area contributed by atoms with Gasteiger partial charge in [-0.15, -0.1) is 24.0 Å². The first-order valence-corrected chi connectivity index (χ1v) is 9.30. The molecule has 2 N–H and O–H groups in total. The van der Waals surface area contributed by atoms with Crippen LogP contribution >= 0.6 is 24.0 Å². The van der Waals surface area contributed by atoms with Crippen LogP contribution in [0.5, 0.6) is 0 Å². The number of aryl methyl sites for hydroxylation is 3. The molecule has 1 unspecified atom stereocenters. The lowest BCUT2D eigenvalue weighted by atomic mass is 10.1. The van der Waals surface area contributed by atoms with Gasteiger partial charge >= 0.3 is 0 Å². The van der Waals surface area contributed by atoms with Crippen LogP contribution in [0.3, 0.4) is 0 Å². The maximum atomic E-state index is 4.50. The molecule has 1 aromatic rings. The number of hydrogen-bond donors (Lipinski definition) is 2. The summed E-state index contributed by atoms with van der Waals surface area (Å²) in [6.07, 6.45) is 3.58. The van der Waals surface area contributed by atoms with E-state index in [0.717, 1.165) is 43.6 Å². The molecule has 0 bridgehead atoms. The molecule has 1 aliphatic rings. The molecule has 25 heavy (non-hydrogen) atoms. The molecule has 1 saturated heterocycles. The van der Waals surface area contributed by atoms with E-state index >= 15 is 0 Å². The van der Waals surface area contributed by atoms with Crippen molar-refractivity contribution in [2.45, 2.75) is 46.6 Å². The lowest BCUT2D eigenvalue weighted by molar-refractivity contribution is 0.324. The standard InChI is InChI=1S/C18H34N6.HI/c1-5-9-23-11-7-17(14-23)13-21-18(19-4)20-8-6-10-24-16(3)12-15(2)22-24;/h12,17H,5-11,13-14H2,1-4H3,(H2,19,20,21);1H. The van der Waals surface area contributed by atoms with Crippen molar-refractivity contribution in [2.75, 3.05) is 39.8 Å². The maximum Gasteiger partial charge on any atom is 0.190 e. The van der Waals surface area contributed by atoms with Gasteiger partial charge in [-0.25, -0.2) is 0 Å². The molecule has 0 aliphatic carbocycles. The summed E-state index contributed by atoms with van der Waals surface area (Å²) in [5.41, 5.74) is 2.32. The fourth-order valence-corrected chi connectivity index (χ4v) is 3.40. The van der Waals surface area contributed by atoms with Crippen molar-refractivity contribution >= 4 is 29.9 Å². The molecular formula is C18H35IN6. The zero-order valence-corrected chi connectivity index (χ0v) is 18.5. The first kappa shape index (κ1) is 22.2. The summed E-state index contributed by atoms with van der Waals surface area (Å²) in [6, 6.07) is 2.12. The van der Waals surface area contributed by atoms with Crippen LogP contribution in [-0.4, -0.2) is 60.4 Å². The van der Waals surface area contributed by atoms with Gasteiger partial charge in [0.25, 0.3) is 0 Å². The van der Waals surface area contributed by atoms with E-state index in [9.17, 15) is 0 Å². The molecule has 1 aromatic heterocycles. The Bertz CT molecular complexity index is 528. The molecule has 2 heterocycles. The van der Waals surface area contributed by atoms with Crippen LogP contribution in [0, 0.1) is 19.8 Å². The van der Waals surface area contributed by atoms with Gasteiger partial charge in [-0.05, 0) is 58.2 Å². The highest BCUT2D eigenvalue weighted by atomic mass is 127. The average Bonchev–Trinajstić information content (AvgIpc) is 3.13. The van der Waals surface area contributed by atoms with Gasteiger partial charge in [0.15, 0.2) is 5.96 Å². The second-order valence-corrected chi connectivity index (χ2v) is 6.84. The summed E-state index contributed by atoms with van der Waals surface area (Å²) in [5, 5.41) is 11.4. The maximum absolute atomic E-state index is 4.50. The Morgan fingerprint density at radius 3 is 2.76 bits per heavy atom. The van der Waals surface area contributed by atoms with Gasteiger partial charge in [-0.2, -0.15) is 5.10 Å². The third-order valence-electron chi connectivity index (χ3n) is 4.63. The minimum atomic E-state index is 0. The van der Waals surface area contributed by atoms with Crippen LogP contribution in [0.1, 0.15) is 37.6 Å². The fourth-order valence-electron chi connectivity index (χ4n) is 3.40. The Hall–Kier alpha value is -0.830. The molecular weight excluding hydrogens is 427 g/mol. The Labute approximate surface area is 169 Å². The van der Waals surface area contributed by atoms with Gasteiger partial charge in [-0.3, -0.25) is 9.67 Å². The highest BCUT2D eigenvalue weighted by molar-refractivity contribution is 14.0. The minimum Gasteiger partial charge on any atom is -0.356 e. The lowest BCUT2D eigenvalue weighted by Crippen LogP contribution is -2.40. The number of aromatic nitrogens is 2. The van der Waals surface area contributed by atoms with E-state index in [0.29, 0.717) is 0 Å². The zero-order valence-electron chi connectivity index (χ0n) is 16.2. The number of hydrogen-bond acceptors (Lipinski definition) is 3. The Balaban J connectivity index is 0.00000312. The van der Waals surface area contributed by atoms with E-state index in [1.165, 1.54) is 38.2 Å². The zero-order chi connectivity index (χ0) is 17.4. The molecule has 0 amide bonds. The van der Waals surface area contributed by atoms with Crippen LogP contribution in [0.2, 0.25) is 0 Å². The topological polar surface area (TPSA) is 57.5 Å². The number of nitrogens with one attached hydrogen (secondary N) is 2. The van der Waals surface area contributed by atoms with E-state index < -0.39 is 0 Å². The van der Waals surface area contributed by atoms with Crippen LogP contribution in [0.4, 0.5) is 0 Å². The average molecular weight is 462 g/mol. The van der Waals surface area contributed by atoms with Gasteiger partial charge < -0.3 is 15.5 Å². The van der Waals surface area contributed by atoms with Gasteiger partial charge in [0.1, 0.15) is 0 Å². The Morgan fingerprint density at radius 2 is 2.12 bits per heavy atom. The van der Waals surface area contributed by atoms with Crippen molar-refractivity contribution in [2.24, 2.45) is 10.9 Å². The molecule has 1 fully saturated rings. The van der Waals surface area contributed by atoms with E-state index in [1.54, 1.807) is 0 Å². The minimum absolute atomic E-state index is 0. The number of halogens is 1. The molecule has 2 rings (SSSR count). The third-order valence-corrected chi connectivity index (χ3v) is 4.63. The van der Waals surface area contributed by atoms with E-state index in [4.69, 9.17) is 0 Å². The van der Waals surface area contributed by atoms with Gasteiger partial charge in [0.05, 0.1) is 5.69 Å². The first-order chi connectivity index (χ1) is 11.6. The predicted octanol–water partition coefficient (Wildman–Crippen LogP) is 2.40. The van der Waals surface area contributed by atoms with Crippen molar-refractivity contribution < 1.29 is 0 Å². The number of nitrogens with zero attached hydrogens (tertiary/aromatic N) is 4. The van der Waals surface area contributed by atoms with Crippen LogP contribution in [0.15, 0.2) is 11.1 Å². The smallest absolute Gasteiger partial charge is 0.190 e. The van der Waals surface area contributed by atoms with Crippen molar-refractivity contribution in [3.63, 3.8) is 0 Å². The van der Waals surface area contributed by atoms with E-state index in [2.05, 4.69) is 50.2 Å². The van der Waals surface area contributed by atoms with Crippen LogP contribution in [-0.2, 0) is 6.54 Å². The third kappa shape index (κ3) is 7.52. The number of likely N-dealkylation sites (tertiary alicyclic amines) is 1. The molecule has 144 valence electrons. The van der Waals surface area contributed by atoms with Gasteiger partial charge in [0, 0.05) is 38.9 Å². The van der Waals surface area contributed by atoms with E-state index in [-0.39, 0.29) is 24.0 Å². The number of aliphatic imine (C=N–C) groups is 1. The summed E-state index contributed by atoms with van der Waals surface area (Å²) in [6.45, 7) is 13.0. The summed E-state index contributed by atoms with van der Waals surface area (Å²) in [5.74, 6) is 1.65. The number of rotatable bonds is 8.